The Labute approximate surface area is 270 Å². The van der Waals surface area contributed by atoms with Crippen molar-refractivity contribution in [2.24, 2.45) is 5.92 Å². The standard InChI is InChI=1S/C36H42FN3O5Si/c1-25-34(46(2,3)37)31(22-33(43)38(20-21-41)23-26-10-5-4-6-11-26)45-36(25)29-12-7-8-13-30(29)40(35(36)44)24-27-15-17-28(18-16-27)39-19-9-14-32(39)42/h4-8,10-13,15-18,25,31,34,41H,9,14,19-24H2,1-3H3/t25-,31+,34-,36+/m0/s1. The zero-order valence-electron chi connectivity index (χ0n) is 26.7. The topological polar surface area (TPSA) is 90.4 Å². The number of aliphatic hydroxyl groups excluding tert-OH is 1. The van der Waals surface area contributed by atoms with Crippen molar-refractivity contribution in [2.45, 2.75) is 69.6 Å². The number of nitrogens with zero attached hydrogens (tertiary/aromatic N) is 3. The lowest BCUT2D eigenvalue weighted by atomic mass is 9.82. The monoisotopic (exact) mass is 643 g/mol. The zero-order valence-corrected chi connectivity index (χ0v) is 27.7. The minimum absolute atomic E-state index is 0.0872. The molecule has 4 atom stereocenters. The van der Waals surface area contributed by atoms with Crippen LogP contribution >= 0.6 is 0 Å². The first-order chi connectivity index (χ1) is 22.0. The summed E-state index contributed by atoms with van der Waals surface area (Å²) in [6.07, 6.45) is 0.509. The predicted molar refractivity (Wildman–Crippen MR) is 177 cm³/mol. The van der Waals surface area contributed by atoms with Gasteiger partial charge in [0.2, 0.25) is 20.2 Å². The molecule has 0 bridgehead atoms. The van der Waals surface area contributed by atoms with E-state index in [1.54, 1.807) is 27.8 Å². The van der Waals surface area contributed by atoms with Crippen molar-refractivity contribution in [1.29, 1.82) is 0 Å². The molecule has 2 saturated heterocycles. The number of benzene rings is 3. The van der Waals surface area contributed by atoms with Crippen LogP contribution in [-0.2, 0) is 37.8 Å². The van der Waals surface area contributed by atoms with Gasteiger partial charge in [-0.2, -0.15) is 0 Å². The molecule has 3 aromatic rings. The van der Waals surface area contributed by atoms with Crippen molar-refractivity contribution in [1.82, 2.24) is 4.90 Å². The Morgan fingerprint density at radius 3 is 2.37 bits per heavy atom. The fraction of sp³-hybridized carbons (Fsp3) is 0.417. The van der Waals surface area contributed by atoms with E-state index in [1.807, 2.05) is 85.8 Å². The summed E-state index contributed by atoms with van der Waals surface area (Å²) in [6.45, 7) is 6.38. The van der Waals surface area contributed by atoms with Gasteiger partial charge in [0.15, 0.2) is 5.60 Å². The third kappa shape index (κ3) is 5.78. The SMILES string of the molecule is C[C@H]1[C@H]([Si](C)(C)F)[C@@H](CC(=O)N(CCO)Cc2ccccc2)O[C@]12C(=O)N(Cc1ccc(N3CCCC3=O)cc1)c1ccccc12. The smallest absolute Gasteiger partial charge is 0.264 e. The van der Waals surface area contributed by atoms with E-state index >= 15 is 4.11 Å². The number of hydrogen-bond acceptors (Lipinski definition) is 5. The van der Waals surface area contributed by atoms with Crippen LogP contribution in [0.2, 0.25) is 18.6 Å². The molecule has 0 saturated carbocycles. The van der Waals surface area contributed by atoms with Gasteiger partial charge in [0.05, 0.1) is 31.4 Å². The Bertz CT molecular complexity index is 1600. The summed E-state index contributed by atoms with van der Waals surface area (Å²) in [4.78, 5) is 45.7. The van der Waals surface area contributed by atoms with E-state index < -0.39 is 31.6 Å². The predicted octanol–water partition coefficient (Wildman–Crippen LogP) is 5.55. The van der Waals surface area contributed by atoms with Crippen molar-refractivity contribution in [3.8, 4) is 0 Å². The molecular weight excluding hydrogens is 601 g/mol. The number of rotatable bonds is 10. The second-order valence-electron chi connectivity index (χ2n) is 13.2. The van der Waals surface area contributed by atoms with E-state index in [2.05, 4.69) is 0 Å². The third-order valence-corrected chi connectivity index (χ3v) is 12.3. The van der Waals surface area contributed by atoms with Gasteiger partial charge in [0.1, 0.15) is 0 Å². The van der Waals surface area contributed by atoms with Crippen molar-refractivity contribution in [3.63, 3.8) is 0 Å². The van der Waals surface area contributed by atoms with Crippen LogP contribution in [0, 0.1) is 5.92 Å². The lowest BCUT2D eigenvalue weighted by Gasteiger charge is -2.31. The minimum atomic E-state index is -3.46. The molecule has 3 aromatic carbocycles. The van der Waals surface area contributed by atoms with Gasteiger partial charge in [-0.25, -0.2) is 0 Å². The molecule has 6 rings (SSSR count). The molecule has 0 aliphatic carbocycles. The minimum Gasteiger partial charge on any atom is -0.395 e. The molecule has 242 valence electrons. The number of para-hydroxylation sites is 1. The lowest BCUT2D eigenvalue weighted by molar-refractivity contribution is -0.150. The van der Waals surface area contributed by atoms with Gasteiger partial charge in [-0.05, 0) is 48.8 Å². The molecule has 2 fully saturated rings. The number of anilines is 2. The largest absolute Gasteiger partial charge is 0.395 e. The van der Waals surface area contributed by atoms with Gasteiger partial charge in [-0.15, -0.1) is 0 Å². The van der Waals surface area contributed by atoms with Crippen LogP contribution in [0.3, 0.4) is 0 Å². The summed E-state index contributed by atoms with van der Waals surface area (Å²) in [5.74, 6) is -0.899. The van der Waals surface area contributed by atoms with E-state index in [4.69, 9.17) is 4.74 Å². The number of halogens is 1. The Hall–Kier alpha value is -3.86. The highest BCUT2D eigenvalue weighted by atomic mass is 28.4. The van der Waals surface area contributed by atoms with E-state index in [9.17, 15) is 19.5 Å². The maximum atomic E-state index is 16.3. The first-order valence-corrected chi connectivity index (χ1v) is 19.1. The molecule has 8 nitrogen and oxygen atoms in total. The van der Waals surface area contributed by atoms with Gasteiger partial charge in [0, 0.05) is 48.8 Å². The molecule has 0 unspecified atom stereocenters. The second-order valence-corrected chi connectivity index (χ2v) is 17.0. The van der Waals surface area contributed by atoms with Crippen LogP contribution in [0.4, 0.5) is 15.5 Å². The summed E-state index contributed by atoms with van der Waals surface area (Å²) in [5.41, 5.74) is 2.04. The van der Waals surface area contributed by atoms with E-state index in [-0.39, 0.29) is 43.8 Å². The van der Waals surface area contributed by atoms with E-state index in [1.165, 1.54) is 0 Å². The highest BCUT2D eigenvalue weighted by Crippen LogP contribution is 2.60. The quantitative estimate of drug-likeness (QED) is 0.231. The Morgan fingerprint density at radius 2 is 1.72 bits per heavy atom. The van der Waals surface area contributed by atoms with E-state index in [0.29, 0.717) is 30.8 Å². The zero-order chi connectivity index (χ0) is 32.6. The summed E-state index contributed by atoms with van der Waals surface area (Å²) in [6, 6.07) is 24.8. The molecule has 46 heavy (non-hydrogen) atoms. The number of carbonyl (C=O) groups excluding carboxylic acids is 3. The maximum absolute atomic E-state index is 16.3. The fourth-order valence-corrected chi connectivity index (χ4v) is 10.3. The van der Waals surface area contributed by atoms with Crippen LogP contribution < -0.4 is 9.80 Å². The first-order valence-electron chi connectivity index (χ1n) is 16.1. The normalized spacial score (nSPS) is 24.2. The Morgan fingerprint density at radius 1 is 1.02 bits per heavy atom. The first kappa shape index (κ1) is 32.1. The number of ether oxygens (including phenoxy) is 1. The summed E-state index contributed by atoms with van der Waals surface area (Å²) < 4.78 is 23.0. The molecular formula is C36H42FN3O5Si. The van der Waals surface area contributed by atoms with Crippen molar-refractivity contribution in [2.75, 3.05) is 29.5 Å². The fourth-order valence-electron chi connectivity index (χ4n) is 7.76. The number of amides is 3. The van der Waals surface area contributed by atoms with Crippen molar-refractivity contribution in [3.05, 3.63) is 95.6 Å². The van der Waals surface area contributed by atoms with Gasteiger partial charge in [-0.1, -0.05) is 67.6 Å². The average Bonchev–Trinajstić information content (AvgIpc) is 3.67. The van der Waals surface area contributed by atoms with Gasteiger partial charge < -0.3 is 28.7 Å². The van der Waals surface area contributed by atoms with Crippen LogP contribution in [0.1, 0.15) is 42.9 Å². The molecule has 3 aliphatic rings. The van der Waals surface area contributed by atoms with Crippen molar-refractivity contribution < 1.29 is 28.3 Å². The number of aliphatic hydroxyl groups is 1. The summed E-state index contributed by atoms with van der Waals surface area (Å²) in [5, 5.41) is 9.75. The third-order valence-electron chi connectivity index (χ3n) is 9.85. The van der Waals surface area contributed by atoms with Crippen LogP contribution in [0.25, 0.3) is 0 Å². The molecule has 3 amide bonds. The number of hydrogen-bond donors (Lipinski definition) is 1. The lowest BCUT2D eigenvalue weighted by Crippen LogP contribution is -2.45. The molecule has 1 spiro atoms. The van der Waals surface area contributed by atoms with Crippen LogP contribution in [0.15, 0.2) is 78.9 Å². The van der Waals surface area contributed by atoms with Gasteiger partial charge in [0.25, 0.3) is 5.91 Å². The average molecular weight is 644 g/mol. The highest BCUT2D eigenvalue weighted by Gasteiger charge is 2.67. The van der Waals surface area contributed by atoms with Gasteiger partial charge in [-0.3, -0.25) is 14.4 Å². The van der Waals surface area contributed by atoms with Crippen molar-refractivity contribution >= 4 is 37.5 Å². The number of carbonyl (C=O) groups is 3. The highest BCUT2D eigenvalue weighted by molar-refractivity contribution is 6.72. The molecule has 10 heteroatoms. The summed E-state index contributed by atoms with van der Waals surface area (Å²) in [7, 11) is -3.46. The van der Waals surface area contributed by atoms with Gasteiger partial charge >= 0.3 is 0 Å². The number of fused-ring (bicyclic) bond motifs is 2. The van der Waals surface area contributed by atoms with Crippen LogP contribution in [-0.4, -0.2) is 61.9 Å². The summed E-state index contributed by atoms with van der Waals surface area (Å²) >= 11 is 0. The Balaban J connectivity index is 1.28. The molecule has 1 N–H and O–H groups in total. The molecule has 0 radical (unpaired) electrons. The maximum Gasteiger partial charge on any atom is 0.264 e. The molecule has 3 aliphatic heterocycles. The second kappa shape index (κ2) is 12.7. The van der Waals surface area contributed by atoms with E-state index in [0.717, 1.165) is 23.2 Å². The van der Waals surface area contributed by atoms with Crippen LogP contribution in [0.5, 0.6) is 0 Å². The molecule has 0 aromatic heterocycles. The molecule has 3 heterocycles. The Kier molecular flexibility index (Phi) is 8.88.